The van der Waals surface area contributed by atoms with E-state index in [9.17, 15) is 13.9 Å². The quantitative estimate of drug-likeness (QED) is 0.283. The van der Waals surface area contributed by atoms with Gasteiger partial charge in [0, 0.05) is 19.5 Å². The lowest BCUT2D eigenvalue weighted by Crippen LogP contribution is -2.34. The summed E-state index contributed by atoms with van der Waals surface area (Å²) < 4.78 is 37.5. The van der Waals surface area contributed by atoms with Crippen molar-refractivity contribution in [3.8, 4) is 5.75 Å². The summed E-state index contributed by atoms with van der Waals surface area (Å²) in [4.78, 5) is 12.9. The van der Waals surface area contributed by atoms with Crippen molar-refractivity contribution in [1.82, 2.24) is 19.3 Å². The second-order valence-corrected chi connectivity index (χ2v) is 11.9. The molecule has 0 radical (unpaired) electrons. The Hall–Kier alpha value is -3.44. The normalized spacial score (nSPS) is 18.6. The van der Waals surface area contributed by atoms with Crippen LogP contribution in [0.15, 0.2) is 65.6 Å². The molecule has 2 heterocycles. The average molecular weight is 551 g/mol. The maximum atomic E-state index is 12.5. The number of hydrogen-bond donors (Lipinski definition) is 2. The second-order valence-electron chi connectivity index (χ2n) is 9.92. The predicted octanol–water partition coefficient (Wildman–Crippen LogP) is 5.67. The molecule has 3 aromatic carbocycles. The smallest absolute Gasteiger partial charge is 0.306 e. The molecule has 1 aliphatic heterocycles. The maximum absolute atomic E-state index is 12.5. The summed E-state index contributed by atoms with van der Waals surface area (Å²) in [6.45, 7) is 4.71. The highest BCUT2D eigenvalue weighted by molar-refractivity contribution is 8.22. The highest BCUT2D eigenvalue weighted by Crippen LogP contribution is 2.57. The van der Waals surface area contributed by atoms with Gasteiger partial charge in [-0.2, -0.15) is 4.31 Å². The van der Waals surface area contributed by atoms with E-state index in [1.165, 1.54) is 7.11 Å². The van der Waals surface area contributed by atoms with Gasteiger partial charge in [-0.15, -0.1) is 15.9 Å². The third-order valence-corrected chi connectivity index (χ3v) is 9.34. The predicted molar refractivity (Wildman–Crippen MR) is 151 cm³/mol. The standard InChI is InChI=1S/C29H34N4O5S/c1-5-23-18-33(39(35,36)28-9-7-6-8-27(28)38-23)17-22-14-20(11-10-19(22)2)24(16-29(34)37-4)21-12-13-26-25(15-21)30-31-32(26)3/h6-15,23-24,35-36H,5,16-18H2,1-4H3. The van der Waals surface area contributed by atoms with Crippen molar-refractivity contribution in [1.29, 1.82) is 0 Å². The van der Waals surface area contributed by atoms with Gasteiger partial charge in [-0.3, -0.25) is 13.9 Å². The Morgan fingerprint density at radius 1 is 1.15 bits per heavy atom. The van der Waals surface area contributed by atoms with Crippen molar-refractivity contribution in [3.63, 3.8) is 0 Å². The van der Waals surface area contributed by atoms with Crippen LogP contribution in [0.5, 0.6) is 5.75 Å². The molecule has 1 aliphatic rings. The van der Waals surface area contributed by atoms with Gasteiger partial charge >= 0.3 is 5.97 Å². The Kier molecular flexibility index (Phi) is 7.64. The molecule has 0 bridgehead atoms. The van der Waals surface area contributed by atoms with Crippen LogP contribution >= 0.6 is 10.8 Å². The van der Waals surface area contributed by atoms with Crippen LogP contribution in [-0.4, -0.2) is 54.1 Å². The molecular formula is C29H34N4O5S. The van der Waals surface area contributed by atoms with Gasteiger partial charge < -0.3 is 9.47 Å². The topological polar surface area (TPSA) is 110 Å². The molecule has 39 heavy (non-hydrogen) atoms. The number of para-hydroxylation sites is 1. The number of methoxy groups -OCH3 is 1. The number of rotatable bonds is 7. The third kappa shape index (κ3) is 5.38. The van der Waals surface area contributed by atoms with Gasteiger partial charge in [0.2, 0.25) is 0 Å². The van der Waals surface area contributed by atoms with Crippen molar-refractivity contribution < 1.29 is 23.4 Å². The van der Waals surface area contributed by atoms with E-state index >= 15 is 0 Å². The van der Waals surface area contributed by atoms with Crippen molar-refractivity contribution in [3.05, 3.63) is 82.9 Å². The summed E-state index contributed by atoms with van der Waals surface area (Å²) in [7, 11) is -0.0616. The first-order valence-corrected chi connectivity index (χ1v) is 14.5. The number of aryl methyl sites for hydroxylation is 2. The zero-order chi connectivity index (χ0) is 27.7. The van der Waals surface area contributed by atoms with Crippen LogP contribution in [0.1, 0.15) is 47.9 Å². The summed E-state index contributed by atoms with van der Waals surface area (Å²) in [5.41, 5.74) is 5.47. The molecule has 1 aromatic heterocycles. The molecule has 0 aliphatic carbocycles. The highest BCUT2D eigenvalue weighted by Gasteiger charge is 2.35. The van der Waals surface area contributed by atoms with Crippen LogP contribution in [0.4, 0.5) is 0 Å². The number of benzene rings is 3. The first-order valence-electron chi connectivity index (χ1n) is 13.0. The number of aromatic nitrogens is 3. The lowest BCUT2D eigenvalue weighted by molar-refractivity contribution is -0.140. The number of esters is 1. The van der Waals surface area contributed by atoms with Crippen LogP contribution < -0.4 is 4.74 Å². The molecule has 0 saturated heterocycles. The fourth-order valence-electron chi connectivity index (χ4n) is 5.05. The number of ether oxygens (including phenoxy) is 2. The van der Waals surface area contributed by atoms with E-state index in [0.29, 0.717) is 23.7 Å². The van der Waals surface area contributed by atoms with Crippen molar-refractivity contribution in [2.75, 3.05) is 13.7 Å². The molecule has 0 amide bonds. The van der Waals surface area contributed by atoms with Gasteiger partial charge in [-0.25, -0.2) is 4.68 Å². The van der Waals surface area contributed by atoms with E-state index < -0.39 is 10.8 Å². The zero-order valence-electron chi connectivity index (χ0n) is 22.6. The lowest BCUT2D eigenvalue weighted by Gasteiger charge is -2.42. The Labute approximate surface area is 229 Å². The van der Waals surface area contributed by atoms with Gasteiger partial charge in [0.25, 0.3) is 0 Å². The fraction of sp³-hybridized carbons (Fsp3) is 0.345. The Balaban J connectivity index is 1.53. The lowest BCUT2D eigenvalue weighted by atomic mass is 9.86. The van der Waals surface area contributed by atoms with E-state index in [-0.39, 0.29) is 24.4 Å². The summed E-state index contributed by atoms with van der Waals surface area (Å²) in [5, 5.41) is 8.35. The molecular weight excluding hydrogens is 516 g/mol. The van der Waals surface area contributed by atoms with Gasteiger partial charge in [-0.1, -0.05) is 48.5 Å². The number of fused-ring (bicyclic) bond motifs is 2. The molecule has 4 aromatic rings. The Bertz CT molecular complexity index is 1500. The monoisotopic (exact) mass is 550 g/mol. The molecule has 9 nitrogen and oxygen atoms in total. The molecule has 2 unspecified atom stereocenters. The van der Waals surface area contributed by atoms with E-state index in [4.69, 9.17) is 9.47 Å². The van der Waals surface area contributed by atoms with Gasteiger partial charge in [0.15, 0.2) is 0 Å². The Morgan fingerprint density at radius 2 is 1.90 bits per heavy atom. The minimum atomic E-state index is -3.29. The summed E-state index contributed by atoms with van der Waals surface area (Å²) in [5.74, 6) is -0.0855. The SMILES string of the molecule is CCC1CN(Cc2cc(C(CC(=O)OC)c3ccc4c(c3)nnn4C)ccc2C)S(O)(O)c2ccccc2O1. The van der Waals surface area contributed by atoms with Crippen LogP contribution in [-0.2, 0) is 23.1 Å². The highest BCUT2D eigenvalue weighted by atomic mass is 32.3. The molecule has 0 fully saturated rings. The molecule has 5 rings (SSSR count). The van der Waals surface area contributed by atoms with E-state index in [1.54, 1.807) is 27.2 Å². The largest absolute Gasteiger partial charge is 0.487 e. The van der Waals surface area contributed by atoms with Gasteiger partial charge in [0.05, 0.1) is 25.6 Å². The number of carbonyl (C=O) groups is 1. The minimum absolute atomic E-state index is 0.156. The van der Waals surface area contributed by atoms with Crippen molar-refractivity contribution >= 4 is 27.8 Å². The zero-order valence-corrected chi connectivity index (χ0v) is 23.4. The molecule has 10 heteroatoms. The van der Waals surface area contributed by atoms with Crippen LogP contribution in [0, 0.1) is 6.92 Å². The van der Waals surface area contributed by atoms with Gasteiger partial charge in [0.1, 0.15) is 22.3 Å². The average Bonchev–Trinajstić information content (AvgIpc) is 3.26. The van der Waals surface area contributed by atoms with Crippen molar-refractivity contribution in [2.24, 2.45) is 7.05 Å². The van der Waals surface area contributed by atoms with E-state index in [0.717, 1.165) is 39.7 Å². The van der Waals surface area contributed by atoms with Gasteiger partial charge in [-0.05, 0) is 59.9 Å². The molecule has 0 spiro atoms. The number of nitrogens with zero attached hydrogens (tertiary/aromatic N) is 4. The van der Waals surface area contributed by atoms with Crippen LogP contribution in [0.25, 0.3) is 11.0 Å². The molecule has 2 atom stereocenters. The van der Waals surface area contributed by atoms with Crippen molar-refractivity contribution in [2.45, 2.75) is 50.2 Å². The van der Waals surface area contributed by atoms with Crippen LogP contribution in [0.3, 0.4) is 0 Å². The second kappa shape index (κ2) is 11.0. The fourth-order valence-corrected chi connectivity index (χ4v) is 6.67. The minimum Gasteiger partial charge on any atom is -0.487 e. The van der Waals surface area contributed by atoms with E-state index in [1.807, 2.05) is 57.3 Å². The summed E-state index contributed by atoms with van der Waals surface area (Å²) in [6, 6.07) is 19.1. The molecule has 2 N–H and O–H groups in total. The van der Waals surface area contributed by atoms with E-state index in [2.05, 4.69) is 16.4 Å². The number of hydrogen-bond acceptors (Lipinski definition) is 8. The Morgan fingerprint density at radius 3 is 2.67 bits per heavy atom. The third-order valence-electron chi connectivity index (χ3n) is 7.42. The summed E-state index contributed by atoms with van der Waals surface area (Å²) in [6.07, 6.45) is 0.697. The number of carbonyl (C=O) groups excluding carboxylic acids is 1. The first-order chi connectivity index (χ1) is 18.7. The maximum Gasteiger partial charge on any atom is 0.306 e. The summed E-state index contributed by atoms with van der Waals surface area (Å²) >= 11 is 0. The molecule has 206 valence electrons. The molecule has 0 saturated carbocycles. The van der Waals surface area contributed by atoms with Crippen LogP contribution in [0.2, 0.25) is 0 Å². The first kappa shape index (κ1) is 27.1.